The molecule has 0 amide bonds. The molecule has 1 aromatic heterocycles. The number of hydrogen-bond acceptors (Lipinski definition) is 4. The number of nitrogens with one attached hydrogen (secondary N) is 2. The maximum Gasteiger partial charge on any atom is 0.126 e. The summed E-state index contributed by atoms with van der Waals surface area (Å²) in [5, 5.41) is 3.43. The van der Waals surface area contributed by atoms with E-state index in [1.165, 1.54) is 25.0 Å². The van der Waals surface area contributed by atoms with Crippen molar-refractivity contribution in [3.05, 3.63) is 42.1 Å². The molecule has 5 nitrogen and oxygen atoms in total. The molecule has 0 radical (unpaired) electrons. The zero-order chi connectivity index (χ0) is 16.4. The number of morpholine rings is 1. The molecular weight excluding hydrogens is 307 g/mol. The number of imidazole rings is 1. The second kappa shape index (κ2) is 7.01. The Morgan fingerprint density at radius 1 is 1.17 bits per heavy atom. The Hall–Kier alpha value is -1.76. The van der Waals surface area contributed by atoms with Gasteiger partial charge in [0.15, 0.2) is 0 Å². The van der Waals surface area contributed by atoms with Gasteiger partial charge in [0.25, 0.3) is 0 Å². The molecule has 2 aliphatic heterocycles. The summed E-state index contributed by atoms with van der Waals surface area (Å²) in [5.74, 6) is 0.712. The van der Waals surface area contributed by atoms with E-state index in [0.717, 1.165) is 43.3 Å². The minimum absolute atomic E-state index is 0.163. The van der Waals surface area contributed by atoms with E-state index in [4.69, 9.17) is 4.74 Å². The molecule has 0 saturated carbocycles. The summed E-state index contributed by atoms with van der Waals surface area (Å²) in [5.41, 5.74) is 1.86. The molecule has 24 heavy (non-hydrogen) atoms. The van der Waals surface area contributed by atoms with Crippen molar-refractivity contribution in [2.24, 2.45) is 0 Å². The van der Waals surface area contributed by atoms with Crippen LogP contribution in [-0.4, -0.2) is 53.8 Å². The highest BCUT2D eigenvalue weighted by Crippen LogP contribution is 2.29. The summed E-state index contributed by atoms with van der Waals surface area (Å²) in [7, 11) is 0. The van der Waals surface area contributed by atoms with Crippen LogP contribution in [0.5, 0.6) is 0 Å². The maximum atomic E-state index is 13.1. The summed E-state index contributed by atoms with van der Waals surface area (Å²) < 4.78 is 18.8. The van der Waals surface area contributed by atoms with Gasteiger partial charge in [-0.15, -0.1) is 0 Å². The molecule has 6 heteroatoms. The molecule has 2 saturated heterocycles. The van der Waals surface area contributed by atoms with Crippen molar-refractivity contribution in [2.45, 2.75) is 24.9 Å². The van der Waals surface area contributed by atoms with Gasteiger partial charge >= 0.3 is 0 Å². The second-order valence-electron chi connectivity index (χ2n) is 6.50. The molecule has 2 fully saturated rings. The summed E-state index contributed by atoms with van der Waals surface area (Å²) in [4.78, 5) is 10.6. The molecule has 128 valence electrons. The molecule has 3 heterocycles. The van der Waals surface area contributed by atoms with E-state index in [-0.39, 0.29) is 11.9 Å². The predicted molar refractivity (Wildman–Crippen MR) is 90.1 cm³/mol. The molecule has 2 N–H and O–H groups in total. The van der Waals surface area contributed by atoms with E-state index in [1.54, 1.807) is 12.1 Å². The van der Waals surface area contributed by atoms with Crippen LogP contribution < -0.4 is 5.32 Å². The van der Waals surface area contributed by atoms with Crippen molar-refractivity contribution >= 4 is 0 Å². The Labute approximate surface area is 141 Å². The molecule has 4 rings (SSSR count). The van der Waals surface area contributed by atoms with Gasteiger partial charge in [0.2, 0.25) is 0 Å². The molecule has 0 spiro atoms. The number of nitrogens with zero attached hydrogens (tertiary/aromatic N) is 2. The minimum atomic E-state index is -0.226. The third kappa shape index (κ3) is 3.22. The third-order valence-electron chi connectivity index (χ3n) is 5.01. The van der Waals surface area contributed by atoms with Crippen LogP contribution in [0, 0.1) is 5.82 Å². The van der Waals surface area contributed by atoms with Gasteiger partial charge in [-0.1, -0.05) is 0 Å². The van der Waals surface area contributed by atoms with E-state index >= 15 is 0 Å². The molecule has 2 aliphatic rings. The smallest absolute Gasteiger partial charge is 0.126 e. The first-order chi connectivity index (χ1) is 11.8. The molecule has 1 aromatic carbocycles. The molecule has 1 unspecified atom stereocenters. The number of piperidine rings is 1. The van der Waals surface area contributed by atoms with Crippen molar-refractivity contribution < 1.29 is 9.13 Å². The fourth-order valence-electron chi connectivity index (χ4n) is 3.71. The van der Waals surface area contributed by atoms with E-state index < -0.39 is 0 Å². The van der Waals surface area contributed by atoms with Gasteiger partial charge in [0.1, 0.15) is 11.6 Å². The van der Waals surface area contributed by atoms with Crippen LogP contribution in [-0.2, 0) is 4.74 Å². The van der Waals surface area contributed by atoms with Crippen molar-refractivity contribution in [3.63, 3.8) is 0 Å². The van der Waals surface area contributed by atoms with Crippen molar-refractivity contribution in [3.8, 4) is 11.3 Å². The van der Waals surface area contributed by atoms with Gasteiger partial charge in [0.05, 0.1) is 31.1 Å². The Morgan fingerprint density at radius 3 is 2.75 bits per heavy atom. The normalized spacial score (nSPS) is 23.5. The highest BCUT2D eigenvalue weighted by Gasteiger charge is 2.32. The Balaban J connectivity index is 1.56. The number of aromatic amines is 1. The lowest BCUT2D eigenvalue weighted by molar-refractivity contribution is -0.0387. The highest BCUT2D eigenvalue weighted by molar-refractivity contribution is 5.58. The Morgan fingerprint density at radius 2 is 1.96 bits per heavy atom. The number of aromatic nitrogens is 2. The molecule has 0 aliphatic carbocycles. The maximum absolute atomic E-state index is 13.1. The van der Waals surface area contributed by atoms with E-state index in [1.807, 2.05) is 6.20 Å². The zero-order valence-corrected chi connectivity index (χ0v) is 13.7. The molecule has 0 bridgehead atoms. The molecule has 1 atom stereocenters. The lowest BCUT2D eigenvalue weighted by Crippen LogP contribution is -2.49. The standard InChI is InChI=1S/C18H23FN4O/c19-14-3-1-13(2-4-14)16-11-21-18(22-16)17-12-24-10-9-23(17)15-5-7-20-8-6-15/h1-4,11,15,17,20H,5-10,12H2,(H,21,22). The van der Waals surface area contributed by atoms with Crippen LogP contribution in [0.1, 0.15) is 24.7 Å². The first kappa shape index (κ1) is 15.7. The molecular formula is C18H23FN4O. The van der Waals surface area contributed by atoms with Gasteiger partial charge in [-0.25, -0.2) is 9.37 Å². The van der Waals surface area contributed by atoms with Crippen molar-refractivity contribution in [2.75, 3.05) is 32.8 Å². The van der Waals surface area contributed by atoms with Crippen LogP contribution in [0.3, 0.4) is 0 Å². The van der Waals surface area contributed by atoms with Crippen LogP contribution in [0.15, 0.2) is 30.5 Å². The number of H-pyrrole nitrogens is 1. The second-order valence-corrected chi connectivity index (χ2v) is 6.50. The lowest BCUT2D eigenvalue weighted by Gasteiger charge is -2.41. The summed E-state index contributed by atoms with van der Waals surface area (Å²) in [6, 6.07) is 7.24. The first-order valence-electron chi connectivity index (χ1n) is 8.66. The number of rotatable bonds is 3. The Bertz CT molecular complexity index is 666. The fraction of sp³-hybridized carbons (Fsp3) is 0.500. The van der Waals surface area contributed by atoms with Crippen LogP contribution in [0.25, 0.3) is 11.3 Å². The van der Waals surface area contributed by atoms with Crippen molar-refractivity contribution in [1.82, 2.24) is 20.2 Å². The van der Waals surface area contributed by atoms with Crippen molar-refractivity contribution in [1.29, 1.82) is 0 Å². The number of ether oxygens (including phenoxy) is 1. The lowest BCUT2D eigenvalue weighted by atomic mass is 10.0. The fourth-order valence-corrected chi connectivity index (χ4v) is 3.71. The average molecular weight is 330 g/mol. The van der Waals surface area contributed by atoms with Gasteiger partial charge < -0.3 is 15.0 Å². The van der Waals surface area contributed by atoms with Crippen LogP contribution in [0.4, 0.5) is 4.39 Å². The van der Waals surface area contributed by atoms with Gasteiger partial charge in [-0.3, -0.25) is 4.90 Å². The van der Waals surface area contributed by atoms with E-state index in [0.29, 0.717) is 12.6 Å². The number of hydrogen-bond donors (Lipinski definition) is 2. The quantitative estimate of drug-likeness (QED) is 0.907. The minimum Gasteiger partial charge on any atom is -0.378 e. The van der Waals surface area contributed by atoms with Crippen LogP contribution in [0.2, 0.25) is 0 Å². The summed E-state index contributed by atoms with van der Waals surface area (Å²) in [6.45, 7) is 4.55. The largest absolute Gasteiger partial charge is 0.378 e. The number of halogens is 1. The summed E-state index contributed by atoms with van der Waals surface area (Å²) >= 11 is 0. The monoisotopic (exact) mass is 330 g/mol. The Kier molecular flexibility index (Phi) is 4.60. The third-order valence-corrected chi connectivity index (χ3v) is 5.01. The number of benzene rings is 1. The van der Waals surface area contributed by atoms with Gasteiger partial charge in [-0.2, -0.15) is 0 Å². The molecule has 2 aromatic rings. The van der Waals surface area contributed by atoms with Gasteiger partial charge in [-0.05, 0) is 55.8 Å². The van der Waals surface area contributed by atoms with E-state index in [9.17, 15) is 4.39 Å². The summed E-state index contributed by atoms with van der Waals surface area (Å²) in [6.07, 6.45) is 4.17. The highest BCUT2D eigenvalue weighted by atomic mass is 19.1. The SMILES string of the molecule is Fc1ccc(-c2cnc(C3COCCN3C3CCNCC3)[nH]2)cc1. The van der Waals surface area contributed by atoms with Gasteiger partial charge in [0, 0.05) is 12.6 Å². The topological polar surface area (TPSA) is 53.2 Å². The predicted octanol–water partition coefficient (Wildman–Crippen LogP) is 2.34. The van der Waals surface area contributed by atoms with E-state index in [2.05, 4.69) is 20.2 Å². The first-order valence-corrected chi connectivity index (χ1v) is 8.66. The average Bonchev–Trinajstić information content (AvgIpc) is 3.13. The zero-order valence-electron chi connectivity index (χ0n) is 13.7. The van der Waals surface area contributed by atoms with Crippen LogP contribution >= 0.6 is 0 Å².